The zero-order valence-electron chi connectivity index (χ0n) is 11.1. The maximum absolute atomic E-state index is 11.8. The van der Waals surface area contributed by atoms with E-state index in [2.05, 4.69) is 10.3 Å². The molecular weight excluding hydrogens is 280 g/mol. The average Bonchev–Trinajstić information content (AvgIpc) is 2.98. The van der Waals surface area contributed by atoms with Crippen molar-refractivity contribution in [2.45, 2.75) is 38.0 Å². The van der Waals surface area contributed by atoms with Crippen LogP contribution in [0.2, 0.25) is 0 Å². The van der Waals surface area contributed by atoms with Crippen LogP contribution in [0.15, 0.2) is 5.38 Å². The number of carbonyl (C=O) groups is 1. The molecule has 2 N–H and O–H groups in total. The van der Waals surface area contributed by atoms with E-state index in [9.17, 15) is 9.90 Å². The maximum atomic E-state index is 11.8. The molecule has 1 fully saturated rings. The molecular formula is C13H20N2O2S2. The summed E-state index contributed by atoms with van der Waals surface area (Å²) in [6.45, 7) is 2.16. The SMILES string of the molecule is Cc1nc(CSCC(=O)NC2CCCC2CO)cs1. The van der Waals surface area contributed by atoms with Crippen LogP contribution in [-0.4, -0.2) is 34.4 Å². The van der Waals surface area contributed by atoms with E-state index in [1.54, 1.807) is 23.1 Å². The van der Waals surface area contributed by atoms with Crippen LogP contribution in [0.4, 0.5) is 0 Å². The van der Waals surface area contributed by atoms with Gasteiger partial charge in [-0.05, 0) is 19.8 Å². The molecule has 6 heteroatoms. The van der Waals surface area contributed by atoms with Crippen LogP contribution in [0.25, 0.3) is 0 Å². The largest absolute Gasteiger partial charge is 0.396 e. The number of hydrogen-bond acceptors (Lipinski definition) is 5. The Morgan fingerprint density at radius 1 is 1.63 bits per heavy atom. The van der Waals surface area contributed by atoms with Gasteiger partial charge in [0.25, 0.3) is 0 Å². The quantitative estimate of drug-likeness (QED) is 0.843. The molecule has 4 nitrogen and oxygen atoms in total. The van der Waals surface area contributed by atoms with Crippen LogP contribution >= 0.6 is 23.1 Å². The van der Waals surface area contributed by atoms with Gasteiger partial charge < -0.3 is 10.4 Å². The van der Waals surface area contributed by atoms with Crippen molar-refractivity contribution in [3.63, 3.8) is 0 Å². The highest BCUT2D eigenvalue weighted by Crippen LogP contribution is 2.25. The minimum absolute atomic E-state index is 0.0716. The Morgan fingerprint density at radius 3 is 3.16 bits per heavy atom. The number of hydrogen-bond donors (Lipinski definition) is 2. The molecule has 19 heavy (non-hydrogen) atoms. The first-order valence-corrected chi connectivity index (χ1v) is 8.61. The molecule has 1 aliphatic carbocycles. The van der Waals surface area contributed by atoms with Gasteiger partial charge in [0.2, 0.25) is 5.91 Å². The predicted octanol–water partition coefficient (Wildman–Crippen LogP) is 1.96. The number of rotatable bonds is 6. The molecule has 1 saturated carbocycles. The highest BCUT2D eigenvalue weighted by molar-refractivity contribution is 7.99. The summed E-state index contributed by atoms with van der Waals surface area (Å²) in [5.41, 5.74) is 1.05. The molecule has 2 atom stereocenters. The summed E-state index contributed by atoms with van der Waals surface area (Å²) in [7, 11) is 0. The van der Waals surface area contributed by atoms with Gasteiger partial charge >= 0.3 is 0 Å². The number of thiazole rings is 1. The fourth-order valence-electron chi connectivity index (χ4n) is 2.42. The molecule has 0 spiro atoms. The van der Waals surface area contributed by atoms with E-state index in [4.69, 9.17) is 0 Å². The van der Waals surface area contributed by atoms with E-state index in [1.807, 2.05) is 12.3 Å². The molecule has 0 aliphatic heterocycles. The third kappa shape index (κ3) is 4.47. The fraction of sp³-hybridized carbons (Fsp3) is 0.692. The van der Waals surface area contributed by atoms with Crippen molar-refractivity contribution < 1.29 is 9.90 Å². The summed E-state index contributed by atoms with van der Waals surface area (Å²) in [6, 6.07) is 0.166. The highest BCUT2D eigenvalue weighted by atomic mass is 32.2. The van der Waals surface area contributed by atoms with Crippen LogP contribution in [0.3, 0.4) is 0 Å². The molecule has 1 aliphatic rings. The van der Waals surface area contributed by atoms with Crippen molar-refractivity contribution in [2.24, 2.45) is 5.92 Å². The van der Waals surface area contributed by atoms with Gasteiger partial charge in [0.15, 0.2) is 0 Å². The third-order valence-electron chi connectivity index (χ3n) is 3.39. The standard InChI is InChI=1S/C13H20N2O2S2/c1-9-14-11(7-19-9)6-18-8-13(17)15-12-4-2-3-10(12)5-16/h7,10,12,16H,2-6,8H2,1H3,(H,15,17). The minimum Gasteiger partial charge on any atom is -0.396 e. The maximum Gasteiger partial charge on any atom is 0.230 e. The second-order valence-electron chi connectivity index (χ2n) is 4.90. The van der Waals surface area contributed by atoms with Gasteiger partial charge in [-0.15, -0.1) is 23.1 Å². The van der Waals surface area contributed by atoms with Crippen molar-refractivity contribution in [1.29, 1.82) is 0 Å². The van der Waals surface area contributed by atoms with Gasteiger partial charge in [-0.25, -0.2) is 4.98 Å². The number of nitrogens with one attached hydrogen (secondary N) is 1. The van der Waals surface area contributed by atoms with Crippen molar-refractivity contribution >= 4 is 29.0 Å². The number of aromatic nitrogens is 1. The Hall–Kier alpha value is -0.590. The van der Waals surface area contributed by atoms with Crippen molar-refractivity contribution in [2.75, 3.05) is 12.4 Å². The molecule has 1 aromatic rings. The molecule has 0 radical (unpaired) electrons. The lowest BCUT2D eigenvalue weighted by molar-refractivity contribution is -0.119. The van der Waals surface area contributed by atoms with Gasteiger partial charge in [0, 0.05) is 29.7 Å². The lowest BCUT2D eigenvalue weighted by atomic mass is 10.1. The van der Waals surface area contributed by atoms with E-state index < -0.39 is 0 Å². The molecule has 0 bridgehead atoms. The molecule has 106 valence electrons. The Morgan fingerprint density at radius 2 is 2.47 bits per heavy atom. The van der Waals surface area contributed by atoms with Crippen LogP contribution in [0.1, 0.15) is 30.0 Å². The monoisotopic (exact) mass is 300 g/mol. The Balaban J connectivity index is 1.67. The zero-order chi connectivity index (χ0) is 13.7. The Kier molecular flexibility index (Phi) is 5.66. The van der Waals surface area contributed by atoms with Crippen LogP contribution in [0, 0.1) is 12.8 Å². The number of amides is 1. The van der Waals surface area contributed by atoms with Crippen molar-refractivity contribution in [1.82, 2.24) is 10.3 Å². The summed E-state index contributed by atoms with van der Waals surface area (Å²) >= 11 is 3.23. The van der Waals surface area contributed by atoms with Gasteiger partial charge in [0.05, 0.1) is 16.5 Å². The number of nitrogens with zero attached hydrogens (tertiary/aromatic N) is 1. The van der Waals surface area contributed by atoms with Crippen LogP contribution in [0.5, 0.6) is 0 Å². The van der Waals surface area contributed by atoms with Gasteiger partial charge in [-0.3, -0.25) is 4.79 Å². The molecule has 1 heterocycles. The second-order valence-corrected chi connectivity index (χ2v) is 6.95. The van der Waals surface area contributed by atoms with E-state index in [-0.39, 0.29) is 24.5 Å². The Bertz CT molecular complexity index is 423. The lowest BCUT2D eigenvalue weighted by Gasteiger charge is -2.18. The minimum atomic E-state index is 0.0716. The van der Waals surface area contributed by atoms with E-state index in [0.29, 0.717) is 5.75 Å². The highest BCUT2D eigenvalue weighted by Gasteiger charge is 2.27. The summed E-state index contributed by atoms with van der Waals surface area (Å²) < 4.78 is 0. The smallest absolute Gasteiger partial charge is 0.230 e. The molecule has 2 unspecified atom stereocenters. The fourth-order valence-corrected chi connectivity index (χ4v) is 3.86. The van der Waals surface area contributed by atoms with Crippen LogP contribution in [-0.2, 0) is 10.5 Å². The van der Waals surface area contributed by atoms with Gasteiger partial charge in [0.1, 0.15) is 0 Å². The van der Waals surface area contributed by atoms with E-state index >= 15 is 0 Å². The normalized spacial score (nSPS) is 22.6. The van der Waals surface area contributed by atoms with E-state index in [0.717, 1.165) is 35.7 Å². The van der Waals surface area contributed by atoms with Crippen molar-refractivity contribution in [3.05, 3.63) is 16.1 Å². The molecule has 1 amide bonds. The summed E-state index contributed by atoms with van der Waals surface area (Å²) in [6.07, 6.45) is 3.11. The third-order valence-corrected chi connectivity index (χ3v) is 5.18. The van der Waals surface area contributed by atoms with Gasteiger partial charge in [-0.2, -0.15) is 0 Å². The van der Waals surface area contributed by atoms with Crippen molar-refractivity contribution in [3.8, 4) is 0 Å². The first-order valence-electron chi connectivity index (χ1n) is 6.58. The lowest BCUT2D eigenvalue weighted by Crippen LogP contribution is -2.39. The molecule has 1 aromatic heterocycles. The number of aliphatic hydroxyl groups excluding tert-OH is 1. The number of thioether (sulfide) groups is 1. The summed E-state index contributed by atoms with van der Waals surface area (Å²) in [5.74, 6) is 1.56. The van der Waals surface area contributed by atoms with E-state index in [1.165, 1.54) is 0 Å². The molecule has 0 aromatic carbocycles. The topological polar surface area (TPSA) is 62.2 Å². The second kappa shape index (κ2) is 7.26. The van der Waals surface area contributed by atoms with Crippen LogP contribution < -0.4 is 5.32 Å². The first-order chi connectivity index (χ1) is 9.19. The molecule has 2 rings (SSSR count). The zero-order valence-corrected chi connectivity index (χ0v) is 12.7. The summed E-state index contributed by atoms with van der Waals surface area (Å²) in [4.78, 5) is 16.2. The number of aryl methyl sites for hydroxylation is 1. The van der Waals surface area contributed by atoms with Gasteiger partial charge in [-0.1, -0.05) is 6.42 Å². The predicted molar refractivity (Wildman–Crippen MR) is 79.4 cm³/mol. The Labute approximate surface area is 122 Å². The molecule has 0 saturated heterocycles. The first kappa shape index (κ1) is 14.8. The summed E-state index contributed by atoms with van der Waals surface area (Å²) in [5, 5.41) is 15.4. The number of aliphatic hydroxyl groups is 1. The number of carbonyl (C=O) groups excluding carboxylic acids is 1. The average molecular weight is 300 g/mol.